The van der Waals surface area contributed by atoms with Crippen molar-refractivity contribution in [3.8, 4) is 17.2 Å². The second-order valence-corrected chi connectivity index (χ2v) is 6.69. The molecule has 4 rings (SSSR count). The van der Waals surface area contributed by atoms with Crippen LogP contribution in [0.15, 0.2) is 49.1 Å². The van der Waals surface area contributed by atoms with Gasteiger partial charge in [0, 0.05) is 24.2 Å². The van der Waals surface area contributed by atoms with Crippen LogP contribution in [0.25, 0.3) is 28.4 Å². The number of fused-ring (bicyclic) bond motifs is 1. The third-order valence-electron chi connectivity index (χ3n) is 4.13. The van der Waals surface area contributed by atoms with Gasteiger partial charge in [0.15, 0.2) is 17.6 Å². The number of alkyl halides is 3. The van der Waals surface area contributed by atoms with Gasteiger partial charge in [-0.05, 0) is 32.0 Å². The van der Waals surface area contributed by atoms with Crippen LogP contribution < -0.4 is 0 Å². The standard InChI is InChI=1S/C19H17F3N6O/c1-11(2)29-16(19(20,21)22)12-5-6-15(24-8-12)28-10-13(9-25-28)17-26-14-4-3-7-23-18(14)27-17/h3-11,16H,1-2H3,(H,23,26,27). The second kappa shape index (κ2) is 7.28. The fourth-order valence-electron chi connectivity index (χ4n) is 2.86. The number of ether oxygens (including phenoxy) is 1. The zero-order chi connectivity index (χ0) is 20.6. The summed E-state index contributed by atoms with van der Waals surface area (Å²) in [5, 5.41) is 4.22. The van der Waals surface area contributed by atoms with E-state index < -0.39 is 18.4 Å². The van der Waals surface area contributed by atoms with Gasteiger partial charge in [-0.1, -0.05) is 6.07 Å². The number of nitrogens with zero attached hydrogens (tertiary/aromatic N) is 5. The van der Waals surface area contributed by atoms with Crippen LogP contribution in [0.4, 0.5) is 13.2 Å². The Morgan fingerprint density at radius 1 is 1.10 bits per heavy atom. The van der Waals surface area contributed by atoms with E-state index >= 15 is 0 Å². The number of aromatic nitrogens is 6. The molecule has 10 heteroatoms. The number of aromatic amines is 1. The van der Waals surface area contributed by atoms with Crippen LogP contribution in [0.5, 0.6) is 0 Å². The molecule has 4 aromatic rings. The minimum Gasteiger partial charge on any atom is -0.361 e. The predicted molar refractivity (Wildman–Crippen MR) is 99.3 cm³/mol. The normalized spacial score (nSPS) is 13.3. The highest BCUT2D eigenvalue weighted by atomic mass is 19.4. The molecule has 4 heterocycles. The smallest absolute Gasteiger partial charge is 0.361 e. The molecule has 150 valence electrons. The third kappa shape index (κ3) is 3.97. The summed E-state index contributed by atoms with van der Waals surface area (Å²) in [6.07, 6.45) is -1.03. The molecule has 7 nitrogen and oxygen atoms in total. The maximum Gasteiger partial charge on any atom is 0.418 e. The summed E-state index contributed by atoms with van der Waals surface area (Å²) in [7, 11) is 0. The first-order chi connectivity index (χ1) is 13.8. The van der Waals surface area contributed by atoms with Crippen LogP contribution in [0.3, 0.4) is 0 Å². The fraction of sp³-hybridized carbons (Fsp3) is 0.263. The van der Waals surface area contributed by atoms with Crippen molar-refractivity contribution in [1.82, 2.24) is 29.7 Å². The highest BCUT2D eigenvalue weighted by molar-refractivity contribution is 5.75. The van der Waals surface area contributed by atoms with E-state index in [9.17, 15) is 13.2 Å². The predicted octanol–water partition coefficient (Wildman–Crippen LogP) is 4.23. The molecule has 4 aromatic heterocycles. The monoisotopic (exact) mass is 402 g/mol. The van der Waals surface area contributed by atoms with Crippen molar-refractivity contribution in [1.29, 1.82) is 0 Å². The number of H-pyrrole nitrogens is 1. The molecule has 0 bridgehead atoms. The number of rotatable bonds is 5. The Balaban J connectivity index is 1.59. The third-order valence-corrected chi connectivity index (χ3v) is 4.13. The number of imidazole rings is 1. The number of pyridine rings is 2. The minimum absolute atomic E-state index is 0.0642. The van der Waals surface area contributed by atoms with Crippen molar-refractivity contribution in [3.63, 3.8) is 0 Å². The molecule has 29 heavy (non-hydrogen) atoms. The first kappa shape index (κ1) is 19.1. The zero-order valence-electron chi connectivity index (χ0n) is 15.6. The Morgan fingerprint density at radius 2 is 1.93 bits per heavy atom. The van der Waals surface area contributed by atoms with E-state index in [0.717, 1.165) is 11.7 Å². The van der Waals surface area contributed by atoms with Gasteiger partial charge in [0.2, 0.25) is 0 Å². The summed E-state index contributed by atoms with van der Waals surface area (Å²) in [5.74, 6) is 0.962. The Labute approximate surface area is 163 Å². The quantitative estimate of drug-likeness (QED) is 0.540. The maximum atomic E-state index is 13.3. The Kier molecular flexibility index (Phi) is 4.79. The summed E-state index contributed by atoms with van der Waals surface area (Å²) in [5.41, 5.74) is 2.01. The van der Waals surface area contributed by atoms with E-state index in [1.165, 1.54) is 16.8 Å². The average Bonchev–Trinajstić information content (AvgIpc) is 3.32. The number of nitrogens with one attached hydrogen (secondary N) is 1. The van der Waals surface area contributed by atoms with Gasteiger partial charge in [-0.25, -0.2) is 19.6 Å². The molecule has 1 unspecified atom stereocenters. The lowest BCUT2D eigenvalue weighted by Gasteiger charge is -2.23. The van der Waals surface area contributed by atoms with Crippen LogP contribution in [0, 0.1) is 0 Å². The largest absolute Gasteiger partial charge is 0.418 e. The molecule has 0 aliphatic rings. The zero-order valence-corrected chi connectivity index (χ0v) is 15.6. The fourth-order valence-corrected chi connectivity index (χ4v) is 2.86. The summed E-state index contributed by atoms with van der Waals surface area (Å²) >= 11 is 0. The molecule has 0 aliphatic heterocycles. The number of halogens is 3. The van der Waals surface area contributed by atoms with Crippen molar-refractivity contribution >= 4 is 11.2 Å². The van der Waals surface area contributed by atoms with Crippen LogP contribution in [-0.2, 0) is 4.74 Å². The average molecular weight is 402 g/mol. The van der Waals surface area contributed by atoms with E-state index in [4.69, 9.17) is 4.74 Å². The van der Waals surface area contributed by atoms with Crippen LogP contribution in [0.2, 0.25) is 0 Å². The number of hydrogen-bond donors (Lipinski definition) is 1. The first-order valence-electron chi connectivity index (χ1n) is 8.85. The van der Waals surface area contributed by atoms with Gasteiger partial charge in [-0.2, -0.15) is 18.3 Å². The van der Waals surface area contributed by atoms with Crippen molar-refractivity contribution in [2.24, 2.45) is 0 Å². The first-order valence-corrected chi connectivity index (χ1v) is 8.85. The molecule has 0 fully saturated rings. The molecule has 0 saturated carbocycles. The van der Waals surface area contributed by atoms with Crippen LogP contribution in [0.1, 0.15) is 25.5 Å². The van der Waals surface area contributed by atoms with Gasteiger partial charge >= 0.3 is 6.18 Å². The summed E-state index contributed by atoms with van der Waals surface area (Å²) < 4.78 is 46.3. The topological polar surface area (TPSA) is 81.5 Å². The molecule has 0 radical (unpaired) electrons. The molecule has 1 N–H and O–H groups in total. The molecular weight excluding hydrogens is 385 g/mol. The van der Waals surface area contributed by atoms with Crippen LogP contribution in [-0.4, -0.2) is 42.0 Å². The van der Waals surface area contributed by atoms with E-state index in [0.29, 0.717) is 22.9 Å². The highest BCUT2D eigenvalue weighted by Gasteiger charge is 2.42. The van der Waals surface area contributed by atoms with Gasteiger partial charge < -0.3 is 9.72 Å². The van der Waals surface area contributed by atoms with E-state index in [1.807, 2.05) is 6.07 Å². The molecule has 0 spiro atoms. The van der Waals surface area contributed by atoms with E-state index in [1.54, 1.807) is 38.5 Å². The van der Waals surface area contributed by atoms with Gasteiger partial charge in [0.1, 0.15) is 11.3 Å². The highest BCUT2D eigenvalue weighted by Crippen LogP contribution is 2.36. The van der Waals surface area contributed by atoms with Crippen molar-refractivity contribution < 1.29 is 17.9 Å². The maximum absolute atomic E-state index is 13.3. The molecule has 1 atom stereocenters. The van der Waals surface area contributed by atoms with Crippen molar-refractivity contribution in [2.45, 2.75) is 32.2 Å². The summed E-state index contributed by atoms with van der Waals surface area (Å²) in [4.78, 5) is 15.9. The SMILES string of the molecule is CC(C)OC(c1ccc(-n2cc(-c3nc4cccnc4[nH]3)cn2)nc1)C(F)(F)F. The van der Waals surface area contributed by atoms with E-state index in [-0.39, 0.29) is 5.56 Å². The van der Waals surface area contributed by atoms with Crippen molar-refractivity contribution in [2.75, 3.05) is 0 Å². The van der Waals surface area contributed by atoms with Gasteiger partial charge in [-0.3, -0.25) is 0 Å². The lowest BCUT2D eigenvalue weighted by molar-refractivity contribution is -0.233. The molecule has 0 aliphatic carbocycles. The lowest BCUT2D eigenvalue weighted by Crippen LogP contribution is -2.26. The Bertz CT molecular complexity index is 1080. The van der Waals surface area contributed by atoms with Gasteiger partial charge in [-0.15, -0.1) is 0 Å². The summed E-state index contributed by atoms with van der Waals surface area (Å²) in [6, 6.07) is 6.44. The Morgan fingerprint density at radius 3 is 2.59 bits per heavy atom. The minimum atomic E-state index is -4.53. The lowest BCUT2D eigenvalue weighted by atomic mass is 10.1. The molecule has 0 saturated heterocycles. The Hall–Kier alpha value is -3.27. The number of hydrogen-bond acceptors (Lipinski definition) is 5. The van der Waals surface area contributed by atoms with Gasteiger partial charge in [0.05, 0.1) is 17.9 Å². The second-order valence-electron chi connectivity index (χ2n) is 6.69. The van der Waals surface area contributed by atoms with Crippen LogP contribution >= 0.6 is 0 Å². The molecular formula is C19H17F3N6O. The van der Waals surface area contributed by atoms with E-state index in [2.05, 4.69) is 25.0 Å². The molecule has 0 aromatic carbocycles. The van der Waals surface area contributed by atoms with Gasteiger partial charge in [0.25, 0.3) is 0 Å². The summed E-state index contributed by atoms with van der Waals surface area (Å²) in [6.45, 7) is 3.11. The molecule has 0 amide bonds. The van der Waals surface area contributed by atoms with Crippen molar-refractivity contribution in [3.05, 3.63) is 54.6 Å².